The first-order valence-corrected chi connectivity index (χ1v) is 7.44. The normalized spacial score (nSPS) is 15.2. The van der Waals surface area contributed by atoms with E-state index in [-0.39, 0.29) is 15.1 Å². The monoisotopic (exact) mass is 356 g/mol. The summed E-state index contributed by atoms with van der Waals surface area (Å²) in [4.78, 5) is -0.250. The maximum atomic E-state index is 13.1. The average molecular weight is 357 g/mol. The van der Waals surface area contributed by atoms with Crippen molar-refractivity contribution in [2.24, 2.45) is 0 Å². The molecule has 1 unspecified atom stereocenters. The van der Waals surface area contributed by atoms with Crippen LogP contribution < -0.4 is 10.5 Å². The number of hydrogen-bond acceptors (Lipinski definition) is 5. The van der Waals surface area contributed by atoms with Crippen molar-refractivity contribution in [1.29, 1.82) is 0 Å². The fourth-order valence-corrected chi connectivity index (χ4v) is 3.34. The number of nitrogens with two attached hydrogens (primary N) is 1. The van der Waals surface area contributed by atoms with Gasteiger partial charge in [0.1, 0.15) is 5.82 Å². The Morgan fingerprint density at radius 1 is 1.53 bits per heavy atom. The molecule has 1 rings (SSSR count). The van der Waals surface area contributed by atoms with Gasteiger partial charge in [-0.3, -0.25) is 0 Å². The Hall–Kier alpha value is -0.740. The van der Waals surface area contributed by atoms with Crippen molar-refractivity contribution in [2.75, 3.05) is 18.9 Å². The van der Waals surface area contributed by atoms with Crippen LogP contribution in [0.25, 0.3) is 0 Å². The molecule has 0 bridgehead atoms. The van der Waals surface area contributed by atoms with Gasteiger partial charge in [0.05, 0.1) is 22.8 Å². The van der Waals surface area contributed by atoms with E-state index in [9.17, 15) is 17.9 Å². The van der Waals surface area contributed by atoms with E-state index < -0.39 is 34.6 Å². The van der Waals surface area contributed by atoms with Gasteiger partial charge >= 0.3 is 0 Å². The van der Waals surface area contributed by atoms with Crippen LogP contribution in [0.1, 0.15) is 6.92 Å². The molecule has 19 heavy (non-hydrogen) atoms. The van der Waals surface area contributed by atoms with Crippen molar-refractivity contribution in [2.45, 2.75) is 17.4 Å². The molecular weight excluding hydrogens is 343 g/mol. The van der Waals surface area contributed by atoms with Gasteiger partial charge in [-0.05, 0) is 35.0 Å². The van der Waals surface area contributed by atoms with Crippen molar-refractivity contribution in [3.63, 3.8) is 0 Å². The fourth-order valence-electron chi connectivity index (χ4n) is 1.13. The standard InChI is InChI=1S/C10H14BrFN2O4S/c1-10(16,5-15)4-14-19(17,18)9-3-8(13)7(12)2-6(9)11/h2-3,14-16H,4-5,13H2,1H3. The van der Waals surface area contributed by atoms with Crippen molar-refractivity contribution in [1.82, 2.24) is 4.72 Å². The number of rotatable bonds is 5. The predicted octanol–water partition coefficient (Wildman–Crippen LogP) is 0.192. The van der Waals surface area contributed by atoms with Crippen LogP contribution in [0.15, 0.2) is 21.5 Å². The average Bonchev–Trinajstić information content (AvgIpc) is 2.31. The molecule has 0 aliphatic heterocycles. The number of hydrogen-bond donors (Lipinski definition) is 4. The highest BCUT2D eigenvalue weighted by Crippen LogP contribution is 2.26. The first-order chi connectivity index (χ1) is 8.59. The molecule has 9 heteroatoms. The number of aliphatic hydroxyl groups excluding tert-OH is 1. The number of anilines is 1. The summed E-state index contributed by atoms with van der Waals surface area (Å²) in [6.45, 7) is 0.265. The second-order valence-electron chi connectivity index (χ2n) is 4.28. The van der Waals surface area contributed by atoms with E-state index in [2.05, 4.69) is 20.7 Å². The second kappa shape index (κ2) is 5.71. The molecule has 1 aromatic rings. The molecular formula is C10H14BrFN2O4S. The third-order valence-corrected chi connectivity index (χ3v) is 4.68. The highest BCUT2D eigenvalue weighted by molar-refractivity contribution is 9.10. The molecule has 5 N–H and O–H groups in total. The molecule has 0 aliphatic carbocycles. The van der Waals surface area contributed by atoms with E-state index in [1.165, 1.54) is 6.92 Å². The lowest BCUT2D eigenvalue weighted by Gasteiger charge is -2.20. The fraction of sp³-hybridized carbons (Fsp3) is 0.400. The minimum absolute atomic E-state index is 0.00958. The van der Waals surface area contributed by atoms with Gasteiger partial charge in [0.25, 0.3) is 0 Å². The predicted molar refractivity (Wildman–Crippen MR) is 71.4 cm³/mol. The van der Waals surface area contributed by atoms with E-state index in [4.69, 9.17) is 10.8 Å². The molecule has 0 spiro atoms. The van der Waals surface area contributed by atoms with Crippen LogP contribution in [-0.2, 0) is 10.0 Å². The maximum Gasteiger partial charge on any atom is 0.241 e. The summed E-state index contributed by atoms with van der Waals surface area (Å²) in [5, 5.41) is 18.4. The zero-order valence-corrected chi connectivity index (χ0v) is 12.4. The van der Waals surface area contributed by atoms with Gasteiger partial charge in [-0.15, -0.1) is 0 Å². The van der Waals surface area contributed by atoms with Gasteiger partial charge in [0, 0.05) is 11.0 Å². The lowest BCUT2D eigenvalue weighted by atomic mass is 10.1. The highest BCUT2D eigenvalue weighted by Gasteiger charge is 2.25. The van der Waals surface area contributed by atoms with E-state index in [0.717, 1.165) is 12.1 Å². The maximum absolute atomic E-state index is 13.1. The van der Waals surface area contributed by atoms with Crippen molar-refractivity contribution >= 4 is 31.6 Å². The van der Waals surface area contributed by atoms with Gasteiger partial charge in [-0.2, -0.15) is 0 Å². The summed E-state index contributed by atoms with van der Waals surface area (Å²) in [7, 11) is -3.99. The van der Waals surface area contributed by atoms with Gasteiger partial charge < -0.3 is 15.9 Å². The number of benzene rings is 1. The molecule has 0 aromatic heterocycles. The minimum Gasteiger partial charge on any atom is -0.396 e. The summed E-state index contributed by atoms with van der Waals surface area (Å²) in [5.74, 6) is -0.742. The lowest BCUT2D eigenvalue weighted by Crippen LogP contribution is -2.43. The van der Waals surface area contributed by atoms with Crippen LogP contribution in [0.3, 0.4) is 0 Å². The second-order valence-corrected chi connectivity index (χ2v) is 6.87. The van der Waals surface area contributed by atoms with Crippen LogP contribution in [0, 0.1) is 5.82 Å². The third kappa shape index (κ3) is 4.11. The minimum atomic E-state index is -3.99. The van der Waals surface area contributed by atoms with Gasteiger partial charge in [-0.1, -0.05) is 0 Å². The SMILES string of the molecule is CC(O)(CO)CNS(=O)(=O)c1cc(N)c(F)cc1Br. The van der Waals surface area contributed by atoms with Gasteiger partial charge in [0.15, 0.2) is 0 Å². The summed E-state index contributed by atoms with van der Waals surface area (Å²) >= 11 is 2.93. The number of halogens is 2. The summed E-state index contributed by atoms with van der Waals surface area (Å²) in [6, 6.07) is 1.91. The Kier molecular flexibility index (Phi) is 4.91. The topological polar surface area (TPSA) is 113 Å². The van der Waals surface area contributed by atoms with E-state index in [0.29, 0.717) is 0 Å². The van der Waals surface area contributed by atoms with Crippen molar-refractivity contribution < 1.29 is 23.0 Å². The van der Waals surface area contributed by atoms with Gasteiger partial charge in [-0.25, -0.2) is 17.5 Å². The molecule has 0 saturated heterocycles. The van der Waals surface area contributed by atoms with Gasteiger partial charge in [0.2, 0.25) is 10.0 Å². The number of nitrogens with one attached hydrogen (secondary N) is 1. The smallest absolute Gasteiger partial charge is 0.241 e. The quantitative estimate of drug-likeness (QED) is 0.562. The molecule has 0 aliphatic rings. The highest BCUT2D eigenvalue weighted by atomic mass is 79.9. The lowest BCUT2D eigenvalue weighted by molar-refractivity contribution is 0.00681. The molecule has 0 radical (unpaired) electrons. The number of aliphatic hydroxyl groups is 2. The Morgan fingerprint density at radius 2 is 2.11 bits per heavy atom. The van der Waals surface area contributed by atoms with Crippen molar-refractivity contribution in [3.8, 4) is 0 Å². The summed E-state index contributed by atoms with van der Waals surface area (Å²) in [5.41, 5.74) is 3.42. The molecule has 0 heterocycles. The number of sulfonamides is 1. The Balaban J connectivity index is 3.05. The first kappa shape index (κ1) is 16.3. The Bertz CT molecular complexity index is 577. The zero-order chi connectivity index (χ0) is 14.8. The third-order valence-electron chi connectivity index (χ3n) is 2.32. The zero-order valence-electron chi connectivity index (χ0n) is 10.0. The molecule has 1 aromatic carbocycles. The number of nitrogen functional groups attached to an aromatic ring is 1. The molecule has 108 valence electrons. The van der Waals surface area contributed by atoms with Crippen molar-refractivity contribution in [3.05, 3.63) is 22.4 Å². The Morgan fingerprint density at radius 3 is 2.63 bits per heavy atom. The largest absolute Gasteiger partial charge is 0.396 e. The first-order valence-electron chi connectivity index (χ1n) is 5.16. The molecule has 6 nitrogen and oxygen atoms in total. The van der Waals surface area contributed by atoms with Crippen LogP contribution in [-0.4, -0.2) is 37.4 Å². The van der Waals surface area contributed by atoms with E-state index >= 15 is 0 Å². The van der Waals surface area contributed by atoms with E-state index in [1.54, 1.807) is 0 Å². The molecule has 0 saturated carbocycles. The van der Waals surface area contributed by atoms with Crippen LogP contribution in [0.5, 0.6) is 0 Å². The molecule has 0 amide bonds. The molecule has 0 fully saturated rings. The molecule has 1 atom stereocenters. The Labute approximate surface area is 118 Å². The van der Waals surface area contributed by atoms with Crippen LogP contribution >= 0.6 is 15.9 Å². The van der Waals surface area contributed by atoms with Crippen LogP contribution in [0.4, 0.5) is 10.1 Å². The summed E-state index contributed by atoms with van der Waals surface area (Å²) < 4.78 is 39.2. The van der Waals surface area contributed by atoms with E-state index in [1.807, 2.05) is 0 Å². The van der Waals surface area contributed by atoms with Crippen LogP contribution in [0.2, 0.25) is 0 Å². The summed E-state index contributed by atoms with van der Waals surface area (Å²) in [6.07, 6.45) is 0.